The number of fused-ring (bicyclic) bond motifs is 1. The number of halogens is 1. The van der Waals surface area contributed by atoms with Gasteiger partial charge in [-0.2, -0.15) is 0 Å². The zero-order valence-electron chi connectivity index (χ0n) is 11.7. The molecule has 0 aliphatic heterocycles. The molecular formula is C16H15ClN4. The van der Waals surface area contributed by atoms with Crippen LogP contribution in [0.3, 0.4) is 0 Å². The molecule has 2 aromatic heterocycles. The largest absolute Gasteiger partial charge is 0.338 e. The summed E-state index contributed by atoms with van der Waals surface area (Å²) in [5, 5.41) is 4.82. The van der Waals surface area contributed by atoms with E-state index in [-0.39, 0.29) is 0 Å². The van der Waals surface area contributed by atoms with Gasteiger partial charge in [0.2, 0.25) is 0 Å². The van der Waals surface area contributed by atoms with E-state index in [0.29, 0.717) is 11.0 Å². The maximum absolute atomic E-state index is 6.06. The van der Waals surface area contributed by atoms with Gasteiger partial charge in [0.1, 0.15) is 16.8 Å². The van der Waals surface area contributed by atoms with Crippen molar-refractivity contribution in [1.29, 1.82) is 0 Å². The van der Waals surface area contributed by atoms with Gasteiger partial charge in [-0.3, -0.25) is 4.98 Å². The lowest BCUT2D eigenvalue weighted by Gasteiger charge is -2.09. The van der Waals surface area contributed by atoms with Gasteiger partial charge >= 0.3 is 0 Å². The third kappa shape index (κ3) is 3.11. The van der Waals surface area contributed by atoms with Crippen molar-refractivity contribution in [3.05, 3.63) is 53.6 Å². The van der Waals surface area contributed by atoms with Crippen molar-refractivity contribution in [2.75, 3.05) is 5.32 Å². The molecule has 0 unspecified atom stereocenters. The number of benzene rings is 1. The summed E-state index contributed by atoms with van der Waals surface area (Å²) in [7, 11) is 0. The van der Waals surface area contributed by atoms with Gasteiger partial charge in [0.25, 0.3) is 0 Å². The molecule has 0 radical (unpaired) electrons. The third-order valence-electron chi connectivity index (χ3n) is 3.11. The van der Waals surface area contributed by atoms with Crippen LogP contribution in [0.5, 0.6) is 0 Å². The van der Waals surface area contributed by atoms with Crippen molar-refractivity contribution in [3.8, 4) is 0 Å². The maximum Gasteiger partial charge on any atom is 0.135 e. The lowest BCUT2D eigenvalue weighted by molar-refractivity contribution is 0.837. The van der Waals surface area contributed by atoms with Gasteiger partial charge in [-0.05, 0) is 18.6 Å². The van der Waals surface area contributed by atoms with Crippen LogP contribution in [0.2, 0.25) is 5.15 Å². The smallest absolute Gasteiger partial charge is 0.135 e. The number of aromatic nitrogens is 3. The molecule has 21 heavy (non-hydrogen) atoms. The third-order valence-corrected chi connectivity index (χ3v) is 3.30. The number of aryl methyl sites for hydroxylation is 1. The second-order valence-corrected chi connectivity index (χ2v) is 5.14. The Morgan fingerprint density at radius 2 is 2.00 bits per heavy atom. The zero-order valence-corrected chi connectivity index (χ0v) is 12.4. The van der Waals surface area contributed by atoms with Crippen molar-refractivity contribution in [3.63, 3.8) is 0 Å². The Morgan fingerprint density at radius 3 is 2.86 bits per heavy atom. The van der Waals surface area contributed by atoms with Crippen molar-refractivity contribution in [2.24, 2.45) is 0 Å². The Labute approximate surface area is 128 Å². The van der Waals surface area contributed by atoms with E-state index in [1.807, 2.05) is 30.3 Å². The van der Waals surface area contributed by atoms with Gasteiger partial charge in [0.15, 0.2) is 0 Å². The summed E-state index contributed by atoms with van der Waals surface area (Å²) < 4.78 is 0. The predicted molar refractivity (Wildman–Crippen MR) is 86.1 cm³/mol. The lowest BCUT2D eigenvalue weighted by atomic mass is 10.2. The van der Waals surface area contributed by atoms with Gasteiger partial charge < -0.3 is 5.32 Å². The number of anilines is 2. The van der Waals surface area contributed by atoms with Crippen molar-refractivity contribution in [2.45, 2.75) is 19.8 Å². The van der Waals surface area contributed by atoms with Gasteiger partial charge in [0.05, 0.1) is 11.2 Å². The molecule has 0 saturated heterocycles. The quantitative estimate of drug-likeness (QED) is 0.726. The first-order valence-electron chi connectivity index (χ1n) is 6.90. The molecule has 0 atom stereocenters. The highest BCUT2D eigenvalue weighted by Gasteiger charge is 2.06. The van der Waals surface area contributed by atoms with E-state index in [0.717, 1.165) is 35.3 Å². The summed E-state index contributed by atoms with van der Waals surface area (Å²) in [4.78, 5) is 13.1. The molecule has 0 bridgehead atoms. The Bertz CT molecular complexity index is 768. The number of pyridine rings is 1. The van der Waals surface area contributed by atoms with Crippen molar-refractivity contribution in [1.82, 2.24) is 15.0 Å². The Balaban J connectivity index is 1.98. The van der Waals surface area contributed by atoms with E-state index in [2.05, 4.69) is 27.2 Å². The second-order valence-electron chi connectivity index (χ2n) is 4.75. The number of hydrogen-bond acceptors (Lipinski definition) is 4. The first-order chi connectivity index (χ1) is 10.3. The van der Waals surface area contributed by atoms with E-state index < -0.39 is 0 Å². The molecule has 1 N–H and O–H groups in total. The summed E-state index contributed by atoms with van der Waals surface area (Å²) >= 11 is 6.06. The minimum absolute atomic E-state index is 0.448. The fourth-order valence-electron chi connectivity index (χ4n) is 2.21. The minimum atomic E-state index is 0.448. The molecule has 0 spiro atoms. The topological polar surface area (TPSA) is 50.7 Å². The number of rotatable bonds is 4. The monoisotopic (exact) mass is 298 g/mol. The molecule has 0 saturated carbocycles. The average Bonchev–Trinajstić information content (AvgIpc) is 2.47. The molecule has 0 aliphatic rings. The summed E-state index contributed by atoms with van der Waals surface area (Å²) in [6.45, 7) is 2.09. The number of hydrogen-bond donors (Lipinski definition) is 1. The van der Waals surface area contributed by atoms with E-state index in [1.54, 1.807) is 12.3 Å². The van der Waals surface area contributed by atoms with Crippen LogP contribution in [0.4, 0.5) is 11.5 Å². The first kappa shape index (κ1) is 13.8. The summed E-state index contributed by atoms with van der Waals surface area (Å²) in [5.74, 6) is 1.44. The average molecular weight is 299 g/mol. The van der Waals surface area contributed by atoms with Crippen LogP contribution in [0.1, 0.15) is 19.2 Å². The van der Waals surface area contributed by atoms with Crippen LogP contribution < -0.4 is 5.32 Å². The molecule has 1 aromatic carbocycles. The van der Waals surface area contributed by atoms with E-state index in [4.69, 9.17) is 11.6 Å². The zero-order chi connectivity index (χ0) is 14.7. The van der Waals surface area contributed by atoms with Gasteiger partial charge in [0, 0.05) is 24.1 Å². The fraction of sp³-hybridized carbons (Fsp3) is 0.188. The lowest BCUT2D eigenvalue weighted by Crippen LogP contribution is -2.01. The minimum Gasteiger partial charge on any atom is -0.338 e. The Morgan fingerprint density at radius 1 is 1.14 bits per heavy atom. The molecule has 0 aliphatic carbocycles. The Hall–Kier alpha value is -2.20. The van der Waals surface area contributed by atoms with Crippen molar-refractivity contribution < 1.29 is 0 Å². The molecule has 3 aromatic rings. The summed E-state index contributed by atoms with van der Waals surface area (Å²) in [6.07, 6.45) is 3.57. The molecule has 3 rings (SSSR count). The number of nitrogens with zero attached hydrogens (tertiary/aromatic N) is 3. The fourth-order valence-corrected chi connectivity index (χ4v) is 2.41. The second kappa shape index (κ2) is 6.06. The van der Waals surface area contributed by atoms with Gasteiger partial charge in [-0.15, -0.1) is 0 Å². The van der Waals surface area contributed by atoms with Gasteiger partial charge in [-0.1, -0.05) is 36.7 Å². The number of nitrogens with one attached hydrogen (secondary N) is 1. The Kier molecular flexibility index (Phi) is 3.97. The molecule has 4 nitrogen and oxygen atoms in total. The standard InChI is InChI=1S/C16H15ClN4/c1-2-5-14-20-13(17)10-15(21-14)19-12-8-3-6-11-7-4-9-18-16(11)12/h3-4,6-10H,2,5H2,1H3,(H,19,20,21). The van der Waals surface area contributed by atoms with Crippen LogP contribution in [-0.2, 0) is 6.42 Å². The van der Waals surface area contributed by atoms with Crippen LogP contribution in [0.25, 0.3) is 10.9 Å². The highest BCUT2D eigenvalue weighted by Crippen LogP contribution is 2.24. The maximum atomic E-state index is 6.06. The molecule has 5 heteroatoms. The molecule has 2 heterocycles. The normalized spacial score (nSPS) is 10.8. The van der Waals surface area contributed by atoms with Crippen LogP contribution in [0, 0.1) is 0 Å². The summed E-state index contributed by atoms with van der Waals surface area (Å²) in [5.41, 5.74) is 1.82. The highest BCUT2D eigenvalue weighted by atomic mass is 35.5. The van der Waals surface area contributed by atoms with Crippen LogP contribution >= 0.6 is 11.6 Å². The summed E-state index contributed by atoms with van der Waals surface area (Å²) in [6, 6.07) is 11.7. The SMILES string of the molecule is CCCc1nc(Cl)cc(Nc2cccc3cccnc23)n1. The van der Waals surface area contributed by atoms with Crippen LogP contribution in [0.15, 0.2) is 42.6 Å². The first-order valence-corrected chi connectivity index (χ1v) is 7.28. The predicted octanol–water partition coefficient (Wildman–Crippen LogP) is 4.37. The van der Waals surface area contributed by atoms with Crippen LogP contribution in [-0.4, -0.2) is 15.0 Å². The molecular weight excluding hydrogens is 284 g/mol. The number of para-hydroxylation sites is 1. The van der Waals surface area contributed by atoms with E-state index >= 15 is 0 Å². The molecule has 0 fully saturated rings. The van der Waals surface area contributed by atoms with E-state index in [9.17, 15) is 0 Å². The van der Waals surface area contributed by atoms with Crippen molar-refractivity contribution >= 4 is 34.0 Å². The molecule has 106 valence electrons. The highest BCUT2D eigenvalue weighted by molar-refractivity contribution is 6.29. The molecule has 0 amide bonds. The van der Waals surface area contributed by atoms with Gasteiger partial charge in [-0.25, -0.2) is 9.97 Å². The van der Waals surface area contributed by atoms with E-state index in [1.165, 1.54) is 0 Å².